The van der Waals surface area contributed by atoms with Gasteiger partial charge >= 0.3 is 0 Å². The number of guanidine groups is 1. The first kappa shape index (κ1) is 23.0. The van der Waals surface area contributed by atoms with Gasteiger partial charge in [0.15, 0.2) is 17.5 Å². The van der Waals surface area contributed by atoms with Crippen LogP contribution in [0.15, 0.2) is 23.2 Å². The predicted molar refractivity (Wildman–Crippen MR) is 118 cm³/mol. The summed E-state index contributed by atoms with van der Waals surface area (Å²) in [5.74, 6) is 2.94. The molecule has 8 heteroatoms. The maximum atomic E-state index is 12.1. The molecule has 0 amide bonds. The van der Waals surface area contributed by atoms with E-state index in [4.69, 9.17) is 9.47 Å². The molecule has 1 heterocycles. The second kappa shape index (κ2) is 11.0. The Kier molecular flexibility index (Phi) is 9.70. The van der Waals surface area contributed by atoms with Crippen LogP contribution in [0.5, 0.6) is 11.5 Å². The molecule has 0 bridgehead atoms. The van der Waals surface area contributed by atoms with E-state index < -0.39 is 10.8 Å². The third kappa shape index (κ3) is 7.30. The van der Waals surface area contributed by atoms with E-state index >= 15 is 0 Å². The first-order chi connectivity index (χ1) is 11.9. The largest absolute Gasteiger partial charge is 0.454 e. The molecule has 0 saturated heterocycles. The van der Waals surface area contributed by atoms with Crippen molar-refractivity contribution in [3.63, 3.8) is 0 Å². The Hall–Kier alpha value is -1.03. The van der Waals surface area contributed by atoms with Crippen molar-refractivity contribution in [2.45, 2.75) is 38.9 Å². The van der Waals surface area contributed by atoms with Gasteiger partial charge in [-0.2, -0.15) is 0 Å². The molecule has 0 radical (unpaired) electrons. The van der Waals surface area contributed by atoms with Crippen LogP contribution < -0.4 is 20.1 Å². The third-order valence-corrected chi connectivity index (χ3v) is 5.64. The van der Waals surface area contributed by atoms with Crippen LogP contribution in [-0.4, -0.2) is 47.1 Å². The van der Waals surface area contributed by atoms with Gasteiger partial charge in [0.2, 0.25) is 6.79 Å². The average Bonchev–Trinajstić information content (AvgIpc) is 3.01. The van der Waals surface area contributed by atoms with Crippen molar-refractivity contribution in [2.24, 2.45) is 4.99 Å². The summed E-state index contributed by atoms with van der Waals surface area (Å²) < 4.78 is 22.6. The van der Waals surface area contributed by atoms with E-state index in [0.717, 1.165) is 37.0 Å². The zero-order chi connectivity index (χ0) is 18.3. The monoisotopic (exact) mass is 495 g/mol. The Morgan fingerprint density at radius 1 is 1.23 bits per heavy atom. The lowest BCUT2D eigenvalue weighted by atomic mass is 10.1. The lowest BCUT2D eigenvalue weighted by molar-refractivity contribution is 0.174. The van der Waals surface area contributed by atoms with Crippen molar-refractivity contribution >= 4 is 40.7 Å². The number of halogens is 1. The highest BCUT2D eigenvalue weighted by Gasteiger charge is 2.18. The lowest BCUT2D eigenvalue weighted by Crippen LogP contribution is -2.38. The van der Waals surface area contributed by atoms with Crippen LogP contribution in [0, 0.1) is 0 Å². The van der Waals surface area contributed by atoms with Gasteiger partial charge in [0.05, 0.1) is 6.54 Å². The van der Waals surface area contributed by atoms with Gasteiger partial charge in [-0.15, -0.1) is 24.0 Å². The molecule has 1 atom stereocenters. The topological polar surface area (TPSA) is 72.0 Å². The third-order valence-electron chi connectivity index (χ3n) is 3.72. The van der Waals surface area contributed by atoms with Crippen molar-refractivity contribution in [3.8, 4) is 11.5 Å². The van der Waals surface area contributed by atoms with Crippen LogP contribution in [0.25, 0.3) is 0 Å². The van der Waals surface area contributed by atoms with Gasteiger partial charge in [-0.1, -0.05) is 6.07 Å². The standard InChI is InChI=1S/C18H29N3O3S.HI/c1-5-19-17(21-10-11-25(22)18(2,3)4)20-9-8-14-6-7-15-16(12-14)24-13-23-15;/h6-7,12H,5,8-11,13H2,1-4H3,(H2,19,20,21);1H. The number of benzene rings is 1. The van der Waals surface area contributed by atoms with Crippen LogP contribution in [-0.2, 0) is 17.2 Å². The fourth-order valence-corrected chi connectivity index (χ4v) is 3.18. The molecule has 1 aromatic rings. The van der Waals surface area contributed by atoms with Crippen molar-refractivity contribution in [3.05, 3.63) is 23.8 Å². The SMILES string of the molecule is CCNC(=NCCS(=O)C(C)(C)C)NCCc1ccc2c(c1)OCO2.I. The molecule has 26 heavy (non-hydrogen) atoms. The summed E-state index contributed by atoms with van der Waals surface area (Å²) in [6.07, 6.45) is 0.856. The summed E-state index contributed by atoms with van der Waals surface area (Å²) in [4.78, 5) is 4.51. The number of rotatable bonds is 7. The summed E-state index contributed by atoms with van der Waals surface area (Å²) in [6, 6.07) is 6.01. The molecule has 1 aliphatic rings. The minimum atomic E-state index is -0.882. The molecular formula is C18H30IN3O3S. The number of aliphatic imine (C=N–C) groups is 1. The van der Waals surface area contributed by atoms with E-state index in [-0.39, 0.29) is 28.7 Å². The number of ether oxygens (including phenoxy) is 2. The first-order valence-electron chi connectivity index (χ1n) is 8.69. The zero-order valence-corrected chi connectivity index (χ0v) is 19.1. The molecular weight excluding hydrogens is 465 g/mol. The number of hydrogen-bond acceptors (Lipinski definition) is 4. The van der Waals surface area contributed by atoms with Crippen molar-refractivity contribution in [2.75, 3.05) is 32.2 Å². The molecule has 0 aliphatic carbocycles. The van der Waals surface area contributed by atoms with E-state index in [2.05, 4.69) is 15.6 Å². The lowest BCUT2D eigenvalue weighted by Gasteiger charge is -2.17. The Labute approximate surface area is 176 Å². The number of hydrogen-bond donors (Lipinski definition) is 2. The molecule has 2 N–H and O–H groups in total. The average molecular weight is 495 g/mol. The highest BCUT2D eigenvalue weighted by Crippen LogP contribution is 2.32. The van der Waals surface area contributed by atoms with Gasteiger partial charge in [0, 0.05) is 34.4 Å². The van der Waals surface area contributed by atoms with Gasteiger partial charge < -0.3 is 20.1 Å². The Morgan fingerprint density at radius 2 is 1.96 bits per heavy atom. The number of fused-ring (bicyclic) bond motifs is 1. The van der Waals surface area contributed by atoms with E-state index in [0.29, 0.717) is 19.1 Å². The van der Waals surface area contributed by atoms with Crippen molar-refractivity contribution in [1.82, 2.24) is 10.6 Å². The molecule has 2 rings (SSSR count). The van der Waals surface area contributed by atoms with Gasteiger partial charge in [0.1, 0.15) is 0 Å². The van der Waals surface area contributed by atoms with E-state index in [1.54, 1.807) is 0 Å². The van der Waals surface area contributed by atoms with Crippen LogP contribution in [0.1, 0.15) is 33.3 Å². The molecule has 6 nitrogen and oxygen atoms in total. The maximum absolute atomic E-state index is 12.1. The second-order valence-electron chi connectivity index (χ2n) is 6.79. The summed E-state index contributed by atoms with van der Waals surface area (Å²) in [5, 5.41) is 6.54. The fraction of sp³-hybridized carbons (Fsp3) is 0.611. The van der Waals surface area contributed by atoms with Crippen LogP contribution in [0.4, 0.5) is 0 Å². The van der Waals surface area contributed by atoms with Gasteiger partial charge in [-0.3, -0.25) is 9.20 Å². The molecule has 1 aliphatic heterocycles. The minimum Gasteiger partial charge on any atom is -0.454 e. The summed E-state index contributed by atoms with van der Waals surface area (Å²) >= 11 is 0. The minimum absolute atomic E-state index is 0. The highest BCUT2D eigenvalue weighted by atomic mass is 127. The zero-order valence-electron chi connectivity index (χ0n) is 16.0. The molecule has 1 unspecified atom stereocenters. The van der Waals surface area contributed by atoms with Crippen LogP contribution in [0.2, 0.25) is 0 Å². The van der Waals surface area contributed by atoms with E-state index in [1.165, 1.54) is 5.56 Å². The van der Waals surface area contributed by atoms with Gasteiger partial charge in [-0.25, -0.2) is 0 Å². The number of nitrogens with one attached hydrogen (secondary N) is 2. The highest BCUT2D eigenvalue weighted by molar-refractivity contribution is 14.0. The van der Waals surface area contributed by atoms with Gasteiger partial charge in [0.25, 0.3) is 0 Å². The first-order valence-corrected chi connectivity index (χ1v) is 10.0. The summed E-state index contributed by atoms with van der Waals surface area (Å²) in [7, 11) is -0.882. The molecule has 0 saturated carbocycles. The number of nitrogens with zero attached hydrogens (tertiary/aromatic N) is 1. The fourth-order valence-electron chi connectivity index (χ4n) is 2.31. The quantitative estimate of drug-likeness (QED) is 0.346. The molecule has 148 valence electrons. The molecule has 1 aromatic carbocycles. The van der Waals surface area contributed by atoms with E-state index in [1.807, 2.05) is 45.9 Å². The smallest absolute Gasteiger partial charge is 0.231 e. The Bertz CT molecular complexity index is 633. The summed E-state index contributed by atoms with van der Waals surface area (Å²) in [5.41, 5.74) is 1.18. The van der Waals surface area contributed by atoms with Crippen molar-refractivity contribution in [1.29, 1.82) is 0 Å². The Balaban J connectivity index is 0.00000338. The Morgan fingerprint density at radius 3 is 2.65 bits per heavy atom. The van der Waals surface area contributed by atoms with E-state index in [9.17, 15) is 4.21 Å². The molecule has 0 spiro atoms. The van der Waals surface area contributed by atoms with Crippen LogP contribution in [0.3, 0.4) is 0 Å². The molecule has 0 fully saturated rings. The second-order valence-corrected chi connectivity index (χ2v) is 9.11. The maximum Gasteiger partial charge on any atom is 0.231 e. The van der Waals surface area contributed by atoms with Crippen molar-refractivity contribution < 1.29 is 13.7 Å². The van der Waals surface area contributed by atoms with Crippen LogP contribution >= 0.6 is 24.0 Å². The predicted octanol–water partition coefficient (Wildman–Crippen LogP) is 2.68. The normalized spacial score (nSPS) is 14.5. The van der Waals surface area contributed by atoms with Gasteiger partial charge in [-0.05, 0) is 51.8 Å². The summed E-state index contributed by atoms with van der Waals surface area (Å²) in [6.45, 7) is 10.4. The molecule has 0 aromatic heterocycles.